The summed E-state index contributed by atoms with van der Waals surface area (Å²) in [4.78, 5) is 27.0. The Morgan fingerprint density at radius 1 is 1.19 bits per heavy atom. The number of ether oxygens (including phenoxy) is 1. The van der Waals surface area contributed by atoms with Crippen LogP contribution >= 0.6 is 11.6 Å². The SMILES string of the molecule is O=C(Nc1cc(Cl)c2c(c1)C1(CC1)C(=O)N2C1CC1)Oc1ccccc1. The van der Waals surface area contributed by atoms with E-state index in [0.29, 0.717) is 16.5 Å². The van der Waals surface area contributed by atoms with Crippen LogP contribution < -0.4 is 15.0 Å². The number of fused-ring (bicyclic) bond motifs is 2. The first-order chi connectivity index (χ1) is 12.6. The fourth-order valence-electron chi connectivity index (χ4n) is 3.76. The van der Waals surface area contributed by atoms with Crippen molar-refractivity contribution in [3.63, 3.8) is 0 Å². The largest absolute Gasteiger partial charge is 0.417 e. The van der Waals surface area contributed by atoms with E-state index in [0.717, 1.165) is 36.9 Å². The number of rotatable bonds is 3. The lowest BCUT2D eigenvalue weighted by Crippen LogP contribution is -2.33. The highest BCUT2D eigenvalue weighted by Crippen LogP contribution is 2.61. The fourth-order valence-corrected chi connectivity index (χ4v) is 4.07. The minimum atomic E-state index is -0.583. The number of nitrogens with zero attached hydrogens (tertiary/aromatic N) is 1. The Kier molecular flexibility index (Phi) is 3.31. The average molecular weight is 369 g/mol. The molecule has 0 aromatic heterocycles. The summed E-state index contributed by atoms with van der Waals surface area (Å²) < 4.78 is 5.27. The van der Waals surface area contributed by atoms with Gasteiger partial charge in [-0.2, -0.15) is 0 Å². The lowest BCUT2D eigenvalue weighted by atomic mass is 9.97. The van der Waals surface area contributed by atoms with Crippen molar-refractivity contribution in [2.75, 3.05) is 10.2 Å². The van der Waals surface area contributed by atoms with Gasteiger partial charge in [-0.25, -0.2) is 4.79 Å². The van der Waals surface area contributed by atoms with Gasteiger partial charge in [0.15, 0.2) is 0 Å². The van der Waals surface area contributed by atoms with E-state index in [1.165, 1.54) is 0 Å². The molecule has 0 saturated heterocycles. The number of carbonyl (C=O) groups is 2. The topological polar surface area (TPSA) is 58.6 Å². The monoisotopic (exact) mass is 368 g/mol. The lowest BCUT2D eigenvalue weighted by molar-refractivity contribution is -0.120. The van der Waals surface area contributed by atoms with Crippen molar-refractivity contribution in [3.05, 3.63) is 53.1 Å². The summed E-state index contributed by atoms with van der Waals surface area (Å²) in [5.41, 5.74) is 1.89. The molecular formula is C20H17ClN2O3. The van der Waals surface area contributed by atoms with Gasteiger partial charge in [-0.3, -0.25) is 10.1 Å². The zero-order valence-electron chi connectivity index (χ0n) is 14.0. The van der Waals surface area contributed by atoms with E-state index >= 15 is 0 Å². The summed E-state index contributed by atoms with van der Waals surface area (Å²) in [6, 6.07) is 12.7. The molecule has 0 bridgehead atoms. The van der Waals surface area contributed by atoms with Crippen molar-refractivity contribution >= 4 is 35.0 Å². The molecule has 0 unspecified atom stereocenters. The summed E-state index contributed by atoms with van der Waals surface area (Å²) in [6.45, 7) is 0. The molecule has 2 aromatic rings. The van der Waals surface area contributed by atoms with Gasteiger partial charge in [0.1, 0.15) is 5.75 Å². The van der Waals surface area contributed by atoms with Crippen LogP contribution in [0.25, 0.3) is 0 Å². The molecule has 1 heterocycles. The van der Waals surface area contributed by atoms with E-state index in [-0.39, 0.29) is 11.9 Å². The maximum absolute atomic E-state index is 12.9. The summed E-state index contributed by atoms with van der Waals surface area (Å²) in [7, 11) is 0. The molecule has 0 radical (unpaired) electrons. The van der Waals surface area contributed by atoms with Crippen molar-refractivity contribution in [1.29, 1.82) is 0 Å². The van der Waals surface area contributed by atoms with Gasteiger partial charge >= 0.3 is 6.09 Å². The lowest BCUT2D eigenvalue weighted by Gasteiger charge is -2.18. The molecule has 1 aliphatic heterocycles. The second kappa shape index (κ2) is 5.48. The molecule has 5 nitrogen and oxygen atoms in total. The van der Waals surface area contributed by atoms with Crippen molar-refractivity contribution in [3.8, 4) is 5.75 Å². The maximum atomic E-state index is 12.9. The first-order valence-electron chi connectivity index (χ1n) is 8.80. The smallest absolute Gasteiger partial charge is 0.410 e. The number of hydrogen-bond donors (Lipinski definition) is 1. The van der Waals surface area contributed by atoms with Gasteiger partial charge < -0.3 is 9.64 Å². The van der Waals surface area contributed by atoms with Gasteiger partial charge in [-0.05, 0) is 55.5 Å². The minimum Gasteiger partial charge on any atom is -0.410 e. The number of benzene rings is 2. The Balaban J connectivity index is 1.44. The van der Waals surface area contributed by atoms with Gasteiger partial charge in [0, 0.05) is 11.7 Å². The van der Waals surface area contributed by atoms with Crippen LogP contribution in [0.15, 0.2) is 42.5 Å². The van der Waals surface area contributed by atoms with Crippen LogP contribution in [0.2, 0.25) is 5.02 Å². The van der Waals surface area contributed by atoms with Gasteiger partial charge in [0.05, 0.1) is 16.1 Å². The molecule has 3 aliphatic rings. The van der Waals surface area contributed by atoms with E-state index in [1.807, 2.05) is 17.0 Å². The van der Waals surface area contributed by atoms with Gasteiger partial charge in [-0.15, -0.1) is 0 Å². The second-order valence-corrected chi connectivity index (χ2v) is 7.58. The number of para-hydroxylation sites is 1. The van der Waals surface area contributed by atoms with Gasteiger partial charge in [0.25, 0.3) is 0 Å². The number of carbonyl (C=O) groups excluding carboxylic acids is 2. The Morgan fingerprint density at radius 3 is 2.58 bits per heavy atom. The molecule has 2 amide bonds. The molecule has 132 valence electrons. The van der Waals surface area contributed by atoms with Crippen LogP contribution in [-0.2, 0) is 10.2 Å². The van der Waals surface area contributed by atoms with Crippen molar-refractivity contribution in [2.24, 2.45) is 0 Å². The van der Waals surface area contributed by atoms with Gasteiger partial charge in [-0.1, -0.05) is 29.8 Å². The molecule has 26 heavy (non-hydrogen) atoms. The predicted octanol–water partition coefficient (Wildman–Crippen LogP) is 4.49. The molecule has 1 spiro atoms. The minimum absolute atomic E-state index is 0.168. The molecule has 6 heteroatoms. The number of nitrogens with one attached hydrogen (secondary N) is 1. The molecule has 5 rings (SSSR count). The number of amides is 2. The third kappa shape index (κ3) is 2.38. The predicted molar refractivity (Wildman–Crippen MR) is 99.0 cm³/mol. The normalized spacial score (nSPS) is 19.4. The molecule has 0 atom stereocenters. The zero-order valence-corrected chi connectivity index (χ0v) is 14.8. The van der Waals surface area contributed by atoms with Crippen LogP contribution in [0.4, 0.5) is 16.2 Å². The van der Waals surface area contributed by atoms with E-state index in [9.17, 15) is 9.59 Å². The third-order valence-corrected chi connectivity index (χ3v) is 5.60. The highest BCUT2D eigenvalue weighted by molar-refractivity contribution is 6.35. The van der Waals surface area contributed by atoms with E-state index in [4.69, 9.17) is 16.3 Å². The molecule has 2 saturated carbocycles. The van der Waals surface area contributed by atoms with Crippen LogP contribution in [0.1, 0.15) is 31.2 Å². The quantitative estimate of drug-likeness (QED) is 0.868. The Labute approximate surface area is 155 Å². The van der Waals surface area contributed by atoms with Gasteiger partial charge in [0.2, 0.25) is 5.91 Å². The molecule has 1 N–H and O–H groups in total. The molecule has 2 aliphatic carbocycles. The maximum Gasteiger partial charge on any atom is 0.417 e. The molecular weight excluding hydrogens is 352 g/mol. The second-order valence-electron chi connectivity index (χ2n) is 7.17. The highest BCUT2D eigenvalue weighted by Gasteiger charge is 2.61. The summed E-state index contributed by atoms with van der Waals surface area (Å²) in [6.07, 6.45) is 3.16. The molecule has 2 aromatic carbocycles. The Morgan fingerprint density at radius 2 is 1.92 bits per heavy atom. The van der Waals surface area contributed by atoms with Crippen LogP contribution in [-0.4, -0.2) is 18.0 Å². The van der Waals surface area contributed by atoms with E-state index in [1.54, 1.807) is 30.3 Å². The van der Waals surface area contributed by atoms with Crippen LogP contribution in [0.5, 0.6) is 5.75 Å². The summed E-state index contributed by atoms with van der Waals surface area (Å²) in [5.74, 6) is 0.631. The van der Waals surface area contributed by atoms with Crippen LogP contribution in [0, 0.1) is 0 Å². The first kappa shape index (κ1) is 15.7. The fraction of sp³-hybridized carbons (Fsp3) is 0.300. The number of hydrogen-bond acceptors (Lipinski definition) is 3. The number of anilines is 2. The average Bonchev–Trinajstić information content (AvgIpc) is 3.51. The first-order valence-corrected chi connectivity index (χ1v) is 9.18. The summed E-state index contributed by atoms with van der Waals surface area (Å²) in [5, 5.41) is 3.23. The summed E-state index contributed by atoms with van der Waals surface area (Å²) >= 11 is 6.52. The van der Waals surface area contributed by atoms with Crippen molar-refractivity contribution < 1.29 is 14.3 Å². The van der Waals surface area contributed by atoms with E-state index in [2.05, 4.69) is 5.32 Å². The van der Waals surface area contributed by atoms with Crippen molar-refractivity contribution in [2.45, 2.75) is 37.1 Å². The number of halogens is 1. The van der Waals surface area contributed by atoms with E-state index < -0.39 is 11.5 Å². The zero-order chi connectivity index (χ0) is 17.9. The Bertz CT molecular complexity index is 920. The van der Waals surface area contributed by atoms with Crippen molar-refractivity contribution in [1.82, 2.24) is 0 Å². The standard InChI is InChI=1S/C20H17ClN2O3/c21-16-11-12(22-19(25)26-14-4-2-1-3-5-14)10-15-17(16)23(13-6-7-13)18(24)20(15)8-9-20/h1-5,10-11,13H,6-9H2,(H,22,25). The third-order valence-electron chi connectivity index (χ3n) is 5.31. The highest BCUT2D eigenvalue weighted by atomic mass is 35.5. The molecule has 2 fully saturated rings. The Hall–Kier alpha value is -2.53. The van der Waals surface area contributed by atoms with Crippen LogP contribution in [0.3, 0.4) is 0 Å².